The van der Waals surface area contributed by atoms with Gasteiger partial charge in [0.1, 0.15) is 18.4 Å². The number of aromatic nitrogens is 4. The number of nitrogens with zero attached hydrogens (tertiary/aromatic N) is 4. The third kappa shape index (κ3) is 9.88. The van der Waals surface area contributed by atoms with Crippen LogP contribution in [0.15, 0.2) is 54.6 Å². The van der Waals surface area contributed by atoms with Crippen molar-refractivity contribution in [1.82, 2.24) is 24.6 Å². The van der Waals surface area contributed by atoms with Crippen molar-refractivity contribution in [3.63, 3.8) is 0 Å². The number of esters is 1. The van der Waals surface area contributed by atoms with E-state index in [-0.39, 0.29) is 61.0 Å². The molecular weight excluding hydrogens is 631 g/mol. The number of benzene rings is 2. The number of hydrogen-bond donors (Lipinski definition) is 2. The number of rotatable bonds is 16. The monoisotopic (exact) mass is 670 g/mol. The highest BCUT2D eigenvalue weighted by Crippen LogP contribution is 2.47. The second-order valence-electron chi connectivity index (χ2n) is 10.6. The van der Waals surface area contributed by atoms with E-state index in [1.54, 1.807) is 70.2 Å². The lowest BCUT2D eigenvalue weighted by Crippen LogP contribution is -2.36. The number of anilines is 1. The Morgan fingerprint density at radius 2 is 1.74 bits per heavy atom. The first-order valence-corrected chi connectivity index (χ1v) is 16.7. The molecule has 4 rings (SSSR count). The van der Waals surface area contributed by atoms with Crippen molar-refractivity contribution in [2.24, 2.45) is 0 Å². The van der Waals surface area contributed by atoms with Crippen molar-refractivity contribution in [3.05, 3.63) is 65.7 Å². The average Bonchev–Trinajstić information content (AvgIpc) is 3.34. The number of hydrogen-bond acceptors (Lipinski definition) is 13. The molecule has 0 saturated carbocycles. The van der Waals surface area contributed by atoms with Crippen molar-refractivity contribution in [3.8, 4) is 17.8 Å². The molecule has 0 spiro atoms. The van der Waals surface area contributed by atoms with E-state index in [0.29, 0.717) is 23.5 Å². The highest BCUT2D eigenvalue weighted by molar-refractivity contribution is 7.56. The molecule has 2 unspecified atom stereocenters. The SMILES string of the molecule is CCOC(=O)Oc1nc2c(N)nc(OCCOC)nc2n1Cc1cccc(CP(=O)(NC(C)C(=O)OC(C)C)Oc2ccccc2)c1. The lowest BCUT2D eigenvalue weighted by molar-refractivity contribution is -0.149. The fraction of sp³-hybridized carbons (Fsp3) is 0.387. The molecular formula is C31H39N6O9P. The Labute approximate surface area is 272 Å². The van der Waals surface area contributed by atoms with Gasteiger partial charge < -0.3 is 33.9 Å². The maximum absolute atomic E-state index is 14.3. The highest BCUT2D eigenvalue weighted by Gasteiger charge is 2.31. The smallest absolute Gasteiger partial charge is 0.462 e. The van der Waals surface area contributed by atoms with E-state index in [1.165, 1.54) is 11.7 Å². The van der Waals surface area contributed by atoms with E-state index in [2.05, 4.69) is 20.0 Å². The summed E-state index contributed by atoms with van der Waals surface area (Å²) in [4.78, 5) is 37.8. The van der Waals surface area contributed by atoms with Gasteiger partial charge in [-0.05, 0) is 51.0 Å². The van der Waals surface area contributed by atoms with Crippen molar-refractivity contribution in [1.29, 1.82) is 0 Å². The molecule has 4 aromatic rings. The zero-order valence-corrected chi connectivity index (χ0v) is 27.8. The van der Waals surface area contributed by atoms with Crippen LogP contribution in [0.2, 0.25) is 0 Å². The summed E-state index contributed by atoms with van der Waals surface area (Å²) in [5.41, 5.74) is 7.94. The van der Waals surface area contributed by atoms with Crippen LogP contribution in [-0.4, -0.2) is 70.7 Å². The van der Waals surface area contributed by atoms with E-state index in [9.17, 15) is 14.2 Å². The molecule has 252 valence electrons. The number of nitrogen functional groups attached to an aromatic ring is 1. The third-order valence-electron chi connectivity index (χ3n) is 6.34. The van der Waals surface area contributed by atoms with Gasteiger partial charge in [-0.2, -0.15) is 15.0 Å². The van der Waals surface area contributed by atoms with Crippen LogP contribution in [-0.2, 0) is 36.3 Å². The molecule has 15 nitrogen and oxygen atoms in total. The van der Waals surface area contributed by atoms with Crippen LogP contribution < -0.4 is 24.8 Å². The van der Waals surface area contributed by atoms with Crippen molar-refractivity contribution < 1.29 is 42.4 Å². The number of imidazole rings is 1. The first-order chi connectivity index (χ1) is 22.5. The van der Waals surface area contributed by atoms with Gasteiger partial charge in [-0.1, -0.05) is 42.5 Å². The van der Waals surface area contributed by atoms with E-state index >= 15 is 0 Å². The standard InChI is InChI=1S/C31H39N6O9P/c1-6-42-31(39)45-30-33-25-26(32)34-29(43-16-15-41-5)35-27(25)37(30)18-22-11-10-12-23(17-22)19-47(40,46-24-13-8-7-9-14-24)36-21(4)28(38)44-20(2)3/h7-14,17,20-21H,6,15-16,18-19H2,1-5H3,(H,36,40)(H2,32,34,35). The number of para-hydroxylation sites is 1. The summed E-state index contributed by atoms with van der Waals surface area (Å²) in [7, 11) is -2.19. The molecule has 0 bridgehead atoms. The summed E-state index contributed by atoms with van der Waals surface area (Å²) in [6.07, 6.45) is -1.38. The number of methoxy groups -OCH3 is 1. The van der Waals surface area contributed by atoms with Crippen molar-refractivity contribution >= 4 is 36.6 Å². The molecule has 3 N–H and O–H groups in total. The maximum atomic E-state index is 14.3. The molecule has 2 aromatic carbocycles. The lowest BCUT2D eigenvalue weighted by atomic mass is 10.1. The number of carbonyl (C=O) groups is 2. The topological polar surface area (TPSA) is 188 Å². The Kier molecular flexibility index (Phi) is 12.1. The van der Waals surface area contributed by atoms with Crippen LogP contribution in [0.25, 0.3) is 11.2 Å². The summed E-state index contributed by atoms with van der Waals surface area (Å²) < 4.78 is 48.1. The molecule has 0 radical (unpaired) electrons. The molecule has 0 aliphatic carbocycles. The Hall–Kier alpha value is -4.72. The van der Waals surface area contributed by atoms with Crippen LogP contribution in [0.4, 0.5) is 10.6 Å². The Bertz CT molecular complexity index is 1720. The van der Waals surface area contributed by atoms with Gasteiger partial charge in [-0.15, -0.1) is 0 Å². The molecule has 47 heavy (non-hydrogen) atoms. The molecule has 0 aliphatic heterocycles. The lowest BCUT2D eigenvalue weighted by Gasteiger charge is -2.24. The third-order valence-corrected chi connectivity index (χ3v) is 8.40. The normalized spacial score (nSPS) is 13.1. The minimum absolute atomic E-state index is 0.0128. The molecule has 0 amide bonds. The molecule has 2 aromatic heterocycles. The first kappa shape index (κ1) is 35.1. The van der Waals surface area contributed by atoms with Crippen LogP contribution >= 0.6 is 7.52 Å². The van der Waals surface area contributed by atoms with Gasteiger partial charge in [-0.3, -0.25) is 13.9 Å². The summed E-state index contributed by atoms with van der Waals surface area (Å²) >= 11 is 0. The van der Waals surface area contributed by atoms with Gasteiger partial charge in [0.2, 0.25) is 0 Å². The predicted octanol–water partition coefficient (Wildman–Crippen LogP) is 4.72. The molecule has 0 saturated heterocycles. The van der Waals surface area contributed by atoms with Crippen LogP contribution in [0, 0.1) is 0 Å². The Balaban J connectivity index is 1.67. The fourth-order valence-corrected chi connectivity index (χ4v) is 6.44. The van der Waals surface area contributed by atoms with Gasteiger partial charge >= 0.3 is 31.7 Å². The predicted molar refractivity (Wildman–Crippen MR) is 173 cm³/mol. The zero-order chi connectivity index (χ0) is 34.0. The van der Waals surface area contributed by atoms with Crippen molar-refractivity contribution in [2.75, 3.05) is 32.7 Å². The minimum atomic E-state index is -3.73. The highest BCUT2D eigenvalue weighted by atomic mass is 31.2. The summed E-state index contributed by atoms with van der Waals surface area (Å²) in [5.74, 6) is -0.173. The van der Waals surface area contributed by atoms with Gasteiger partial charge in [0.25, 0.3) is 0 Å². The van der Waals surface area contributed by atoms with E-state index in [1.807, 2.05) is 12.1 Å². The fourth-order valence-electron chi connectivity index (χ4n) is 4.39. The zero-order valence-electron chi connectivity index (χ0n) is 26.9. The summed E-state index contributed by atoms with van der Waals surface area (Å²) in [6, 6.07) is 14.8. The molecule has 0 fully saturated rings. The molecule has 16 heteroatoms. The van der Waals surface area contributed by atoms with E-state index in [0.717, 1.165) is 0 Å². The van der Waals surface area contributed by atoms with Gasteiger partial charge in [-0.25, -0.2) is 9.88 Å². The second kappa shape index (κ2) is 16.2. The number of fused-ring (bicyclic) bond motifs is 1. The number of nitrogens with two attached hydrogens (primary N) is 1. The van der Waals surface area contributed by atoms with Gasteiger partial charge in [0.05, 0.1) is 32.0 Å². The molecule has 2 atom stereocenters. The summed E-state index contributed by atoms with van der Waals surface area (Å²) in [5, 5.41) is 2.88. The van der Waals surface area contributed by atoms with Gasteiger partial charge in [0, 0.05) is 7.11 Å². The van der Waals surface area contributed by atoms with Crippen LogP contribution in [0.1, 0.15) is 38.8 Å². The average molecular weight is 671 g/mol. The van der Waals surface area contributed by atoms with Crippen molar-refractivity contribution in [2.45, 2.75) is 52.5 Å². The van der Waals surface area contributed by atoms with E-state index in [4.69, 9.17) is 33.9 Å². The molecule has 2 heterocycles. The number of nitrogens with one attached hydrogen (secondary N) is 1. The quantitative estimate of drug-likeness (QED) is 0.0946. The number of ether oxygens (including phenoxy) is 5. The minimum Gasteiger partial charge on any atom is -0.462 e. The summed E-state index contributed by atoms with van der Waals surface area (Å²) in [6.45, 7) is 7.35. The van der Waals surface area contributed by atoms with Crippen LogP contribution in [0.5, 0.6) is 17.8 Å². The van der Waals surface area contributed by atoms with Gasteiger partial charge in [0.15, 0.2) is 17.0 Å². The number of carbonyl (C=O) groups excluding carboxylic acids is 2. The largest absolute Gasteiger partial charge is 0.516 e. The second-order valence-corrected chi connectivity index (χ2v) is 12.7. The first-order valence-electron chi connectivity index (χ1n) is 14.9. The molecule has 0 aliphatic rings. The van der Waals surface area contributed by atoms with E-state index < -0.39 is 25.7 Å². The van der Waals surface area contributed by atoms with Crippen LogP contribution in [0.3, 0.4) is 0 Å². The Morgan fingerprint density at radius 3 is 2.45 bits per heavy atom. The maximum Gasteiger partial charge on any atom is 0.516 e. The Morgan fingerprint density at radius 1 is 1.00 bits per heavy atom.